The summed E-state index contributed by atoms with van der Waals surface area (Å²) < 4.78 is 5.36. The molecule has 2 rings (SSSR count). The summed E-state index contributed by atoms with van der Waals surface area (Å²) in [6.07, 6.45) is 1.61. The maximum Gasteiger partial charge on any atom is 0.213 e. The van der Waals surface area contributed by atoms with Crippen LogP contribution in [-0.4, -0.2) is 12.4 Å². The predicted molar refractivity (Wildman–Crippen MR) is 84.6 cm³/mol. The van der Waals surface area contributed by atoms with Crippen LogP contribution in [0.25, 0.3) is 6.08 Å². The zero-order chi connectivity index (χ0) is 15.2. The molecule has 0 atom stereocenters. The molecule has 4 heteroatoms. The molecule has 0 saturated heterocycles. The van der Waals surface area contributed by atoms with Crippen LogP contribution in [0.3, 0.4) is 0 Å². The summed E-state index contributed by atoms with van der Waals surface area (Å²) in [5.74, 6) is 0.549. The minimum Gasteiger partial charge on any atom is -0.494 e. The SMILES string of the molecule is CCOc1ccc(/C=C(/C#N)C(=O)c2sccc2C)cc1. The van der Waals surface area contributed by atoms with E-state index in [0.717, 1.165) is 16.9 Å². The van der Waals surface area contributed by atoms with Crippen molar-refractivity contribution in [2.45, 2.75) is 13.8 Å². The van der Waals surface area contributed by atoms with Gasteiger partial charge in [-0.3, -0.25) is 4.79 Å². The zero-order valence-electron chi connectivity index (χ0n) is 11.9. The van der Waals surface area contributed by atoms with Crippen molar-refractivity contribution in [2.24, 2.45) is 0 Å². The minimum absolute atomic E-state index is 0.143. The highest BCUT2D eigenvalue weighted by Crippen LogP contribution is 2.21. The van der Waals surface area contributed by atoms with Crippen molar-refractivity contribution >= 4 is 23.2 Å². The number of carbonyl (C=O) groups is 1. The zero-order valence-corrected chi connectivity index (χ0v) is 12.7. The number of thiophene rings is 1. The highest BCUT2D eigenvalue weighted by molar-refractivity contribution is 7.12. The van der Waals surface area contributed by atoms with E-state index in [2.05, 4.69) is 0 Å². The first-order chi connectivity index (χ1) is 10.2. The topological polar surface area (TPSA) is 50.1 Å². The monoisotopic (exact) mass is 297 g/mol. The number of rotatable bonds is 5. The summed E-state index contributed by atoms with van der Waals surface area (Å²) >= 11 is 1.36. The number of ketones is 1. The number of Topliss-reactive ketones (excluding diaryl/α,β-unsaturated/α-hetero) is 1. The Kier molecular flexibility index (Phi) is 4.91. The van der Waals surface area contributed by atoms with Gasteiger partial charge in [-0.15, -0.1) is 11.3 Å². The van der Waals surface area contributed by atoms with Crippen LogP contribution >= 0.6 is 11.3 Å². The van der Waals surface area contributed by atoms with Crippen molar-refractivity contribution in [1.82, 2.24) is 0 Å². The number of nitrogens with zero attached hydrogens (tertiary/aromatic N) is 1. The van der Waals surface area contributed by atoms with Gasteiger partial charge >= 0.3 is 0 Å². The van der Waals surface area contributed by atoms with E-state index in [1.807, 2.05) is 55.6 Å². The first-order valence-electron chi connectivity index (χ1n) is 6.59. The van der Waals surface area contributed by atoms with Crippen molar-refractivity contribution in [2.75, 3.05) is 6.61 Å². The molecule has 0 N–H and O–H groups in total. The molecule has 0 amide bonds. The van der Waals surface area contributed by atoms with Gasteiger partial charge in [0.25, 0.3) is 0 Å². The van der Waals surface area contributed by atoms with Gasteiger partial charge in [-0.05, 0) is 54.6 Å². The lowest BCUT2D eigenvalue weighted by Crippen LogP contribution is -2.01. The third-order valence-corrected chi connectivity index (χ3v) is 3.95. The average molecular weight is 297 g/mol. The maximum absolute atomic E-state index is 12.3. The lowest BCUT2D eigenvalue weighted by atomic mass is 10.1. The van der Waals surface area contributed by atoms with Crippen LogP contribution in [0.5, 0.6) is 5.75 Å². The quantitative estimate of drug-likeness (QED) is 0.471. The molecule has 2 aromatic rings. The standard InChI is InChI=1S/C17H15NO2S/c1-3-20-15-6-4-13(5-7-15)10-14(11-18)16(19)17-12(2)8-9-21-17/h4-10H,3H2,1-2H3/b14-10-. The molecule has 0 saturated carbocycles. The van der Waals surface area contributed by atoms with Crippen LogP contribution in [0.15, 0.2) is 41.3 Å². The van der Waals surface area contributed by atoms with Gasteiger partial charge < -0.3 is 4.74 Å². The average Bonchev–Trinajstić information content (AvgIpc) is 2.92. The molecule has 0 radical (unpaired) electrons. The Bertz CT molecular complexity index is 705. The van der Waals surface area contributed by atoms with Crippen molar-refractivity contribution in [1.29, 1.82) is 5.26 Å². The molecule has 0 aliphatic rings. The summed E-state index contributed by atoms with van der Waals surface area (Å²) in [6, 6.07) is 11.2. The summed E-state index contributed by atoms with van der Waals surface area (Å²) in [5.41, 5.74) is 1.85. The van der Waals surface area contributed by atoms with Crippen LogP contribution < -0.4 is 4.74 Å². The summed E-state index contributed by atoms with van der Waals surface area (Å²) in [6.45, 7) is 4.40. The Hall–Kier alpha value is -2.38. The fraction of sp³-hybridized carbons (Fsp3) is 0.176. The first-order valence-corrected chi connectivity index (χ1v) is 7.47. The number of aryl methyl sites for hydroxylation is 1. The molecule has 0 fully saturated rings. The van der Waals surface area contributed by atoms with Crippen LogP contribution in [0.1, 0.15) is 27.7 Å². The first kappa shape index (κ1) is 15.0. The molecule has 0 aliphatic carbocycles. The number of ether oxygens (including phenoxy) is 1. The lowest BCUT2D eigenvalue weighted by Gasteiger charge is -2.03. The van der Waals surface area contributed by atoms with E-state index in [1.165, 1.54) is 11.3 Å². The Labute approximate surface area is 128 Å². The van der Waals surface area contributed by atoms with Crippen molar-refractivity contribution in [3.05, 3.63) is 57.3 Å². The fourth-order valence-electron chi connectivity index (χ4n) is 1.87. The van der Waals surface area contributed by atoms with Gasteiger partial charge in [0.05, 0.1) is 11.5 Å². The molecule has 0 aliphatic heterocycles. The summed E-state index contributed by atoms with van der Waals surface area (Å²) in [5, 5.41) is 11.1. The Morgan fingerprint density at radius 3 is 2.57 bits per heavy atom. The number of benzene rings is 1. The Balaban J connectivity index is 2.27. The molecule has 21 heavy (non-hydrogen) atoms. The molecule has 1 heterocycles. The van der Waals surface area contributed by atoms with Crippen LogP contribution in [0.4, 0.5) is 0 Å². The van der Waals surface area contributed by atoms with Crippen LogP contribution in [0.2, 0.25) is 0 Å². The van der Waals surface area contributed by atoms with Gasteiger partial charge in [-0.1, -0.05) is 12.1 Å². The summed E-state index contributed by atoms with van der Waals surface area (Å²) in [7, 11) is 0. The largest absolute Gasteiger partial charge is 0.494 e. The van der Waals surface area contributed by atoms with E-state index in [0.29, 0.717) is 11.5 Å². The van der Waals surface area contributed by atoms with Crippen molar-refractivity contribution in [3.8, 4) is 11.8 Å². The molecule has 1 aromatic heterocycles. The minimum atomic E-state index is -0.223. The highest BCUT2D eigenvalue weighted by Gasteiger charge is 2.15. The van der Waals surface area contributed by atoms with Gasteiger partial charge in [-0.25, -0.2) is 0 Å². The number of nitriles is 1. The second kappa shape index (κ2) is 6.87. The second-order valence-corrected chi connectivity index (χ2v) is 5.35. The van der Waals surface area contributed by atoms with Gasteiger partial charge in [0.1, 0.15) is 17.4 Å². The number of allylic oxidation sites excluding steroid dienone is 1. The normalized spacial score (nSPS) is 11.0. The third kappa shape index (κ3) is 3.59. The molecule has 0 spiro atoms. The number of hydrogen-bond donors (Lipinski definition) is 0. The molecular weight excluding hydrogens is 282 g/mol. The van der Waals surface area contributed by atoms with E-state index >= 15 is 0 Å². The lowest BCUT2D eigenvalue weighted by molar-refractivity contribution is 0.104. The maximum atomic E-state index is 12.3. The second-order valence-electron chi connectivity index (χ2n) is 4.43. The van der Waals surface area contributed by atoms with Crippen molar-refractivity contribution < 1.29 is 9.53 Å². The third-order valence-electron chi connectivity index (χ3n) is 2.94. The van der Waals surface area contributed by atoms with Gasteiger partial charge in [0.15, 0.2) is 0 Å². The summed E-state index contributed by atoms with van der Waals surface area (Å²) in [4.78, 5) is 12.9. The van der Waals surface area contributed by atoms with Gasteiger partial charge in [0.2, 0.25) is 5.78 Å². The van der Waals surface area contributed by atoms with E-state index in [1.54, 1.807) is 6.08 Å². The molecule has 106 valence electrons. The molecular formula is C17H15NO2S. The van der Waals surface area contributed by atoms with E-state index < -0.39 is 0 Å². The van der Waals surface area contributed by atoms with Gasteiger partial charge in [0, 0.05) is 0 Å². The molecule has 3 nitrogen and oxygen atoms in total. The van der Waals surface area contributed by atoms with Crippen molar-refractivity contribution in [3.63, 3.8) is 0 Å². The van der Waals surface area contributed by atoms with E-state index in [9.17, 15) is 10.1 Å². The molecule has 1 aromatic carbocycles. The fourth-order valence-corrected chi connectivity index (χ4v) is 2.75. The van der Waals surface area contributed by atoms with Crippen LogP contribution in [-0.2, 0) is 0 Å². The number of carbonyl (C=O) groups excluding carboxylic acids is 1. The van der Waals surface area contributed by atoms with E-state index in [4.69, 9.17) is 4.74 Å². The Morgan fingerprint density at radius 2 is 2.05 bits per heavy atom. The van der Waals surface area contributed by atoms with Crippen LogP contribution in [0, 0.1) is 18.3 Å². The predicted octanol–water partition coefficient (Wildman–Crippen LogP) is 4.25. The number of hydrogen-bond acceptors (Lipinski definition) is 4. The smallest absolute Gasteiger partial charge is 0.213 e. The molecule has 0 bridgehead atoms. The molecule has 0 unspecified atom stereocenters. The van der Waals surface area contributed by atoms with E-state index in [-0.39, 0.29) is 11.4 Å². The highest BCUT2D eigenvalue weighted by atomic mass is 32.1. The Morgan fingerprint density at radius 1 is 1.33 bits per heavy atom. The van der Waals surface area contributed by atoms with Gasteiger partial charge in [-0.2, -0.15) is 5.26 Å².